The molecule has 5 atom stereocenters. The van der Waals surface area contributed by atoms with Gasteiger partial charge in [0.1, 0.15) is 29.6 Å². The van der Waals surface area contributed by atoms with Crippen molar-refractivity contribution < 1.29 is 33.8 Å². The summed E-state index contributed by atoms with van der Waals surface area (Å²) in [6.45, 7) is 7.03. The molecule has 0 amide bonds. The van der Waals surface area contributed by atoms with Crippen LogP contribution < -0.4 is 10.7 Å². The number of aryl methyl sites for hydroxylation is 1. The topological polar surface area (TPSA) is 148 Å². The Morgan fingerprint density at radius 1 is 1.44 bits per heavy atom. The van der Waals surface area contributed by atoms with E-state index in [4.69, 9.17) is 14.5 Å². The predicted octanol–water partition coefficient (Wildman–Crippen LogP) is -1.59. The molecular weight excluding hydrogens is 353 g/mol. The highest BCUT2D eigenvalue weighted by atomic mass is 31.2. The molecule has 3 heterocycles. The molecule has 11 heteroatoms. The lowest BCUT2D eigenvalue weighted by atomic mass is 10.1. The normalized spacial score (nSPS) is 30.6. The van der Waals surface area contributed by atoms with Crippen molar-refractivity contribution in [2.75, 3.05) is 0 Å². The maximum atomic E-state index is 11.0. The Morgan fingerprint density at radius 3 is 2.76 bits per heavy atom. The minimum atomic E-state index is -4.76. The van der Waals surface area contributed by atoms with Crippen molar-refractivity contribution in [3.63, 3.8) is 0 Å². The van der Waals surface area contributed by atoms with E-state index in [1.165, 1.54) is 11.8 Å². The largest absolute Gasteiger partial charge is 0.469 e. The molecule has 0 aromatic carbocycles. The summed E-state index contributed by atoms with van der Waals surface area (Å²) in [6.07, 6.45) is -4.38. The molecule has 138 valence electrons. The molecule has 0 spiro atoms. The van der Waals surface area contributed by atoms with Crippen molar-refractivity contribution in [1.29, 1.82) is 0 Å². The van der Waals surface area contributed by atoms with Crippen LogP contribution in [0.4, 0.5) is 0 Å². The third-order valence-corrected chi connectivity index (χ3v) is 4.70. The van der Waals surface area contributed by atoms with Crippen molar-refractivity contribution in [2.45, 2.75) is 44.5 Å². The van der Waals surface area contributed by atoms with E-state index in [0.717, 1.165) is 10.9 Å². The Morgan fingerprint density at radius 2 is 2.12 bits per heavy atom. The Balaban J connectivity index is 1.85. The summed E-state index contributed by atoms with van der Waals surface area (Å²) >= 11 is 0. The van der Waals surface area contributed by atoms with Crippen LogP contribution in [0.5, 0.6) is 0 Å². The van der Waals surface area contributed by atoms with Crippen LogP contribution in [0.3, 0.4) is 0 Å². The molecule has 10 nitrogen and oxygen atoms in total. The summed E-state index contributed by atoms with van der Waals surface area (Å²) in [5.41, 5.74) is 1.52. The highest BCUT2D eigenvalue weighted by Gasteiger charge is 2.49. The molecule has 2 aliphatic heterocycles. The monoisotopic (exact) mass is 373 g/mol. The molecule has 1 aromatic rings. The minimum absolute atomic E-state index is 0.287. The molecule has 0 saturated carbocycles. The number of aromatic nitrogens is 1. The molecule has 3 rings (SSSR count). The van der Waals surface area contributed by atoms with Gasteiger partial charge in [-0.3, -0.25) is 4.52 Å². The Hall–Kier alpha value is -1.52. The van der Waals surface area contributed by atoms with Gasteiger partial charge in [0.2, 0.25) is 0 Å². The van der Waals surface area contributed by atoms with Crippen molar-refractivity contribution in [2.24, 2.45) is 4.99 Å². The molecular formula is C14H20N3O7P. The van der Waals surface area contributed by atoms with E-state index >= 15 is 0 Å². The molecule has 0 bridgehead atoms. The second kappa shape index (κ2) is 6.33. The van der Waals surface area contributed by atoms with Gasteiger partial charge >= 0.3 is 7.82 Å². The van der Waals surface area contributed by atoms with E-state index in [2.05, 4.69) is 21.1 Å². The number of aromatic amines is 1. The molecule has 1 aromatic heterocycles. The number of rotatable bonds is 4. The summed E-state index contributed by atoms with van der Waals surface area (Å²) in [5.74, 6) is 0.287. The quantitative estimate of drug-likeness (QED) is 0.397. The molecule has 5 N–H and O–H groups in total. The van der Waals surface area contributed by atoms with Gasteiger partial charge < -0.3 is 34.6 Å². The first-order valence-electron chi connectivity index (χ1n) is 7.56. The van der Waals surface area contributed by atoms with E-state index in [1.54, 1.807) is 6.20 Å². The van der Waals surface area contributed by atoms with Gasteiger partial charge in [-0.1, -0.05) is 6.58 Å². The van der Waals surface area contributed by atoms with E-state index in [-0.39, 0.29) is 5.82 Å². The van der Waals surface area contributed by atoms with Gasteiger partial charge in [-0.25, -0.2) is 9.56 Å². The number of phosphoric ester groups is 1. The van der Waals surface area contributed by atoms with Gasteiger partial charge in [-0.05, 0) is 19.9 Å². The highest BCUT2D eigenvalue weighted by Crippen LogP contribution is 2.40. The summed E-state index contributed by atoms with van der Waals surface area (Å²) < 4.78 is 21.2. The lowest BCUT2D eigenvalue weighted by molar-refractivity contribution is -0.0842. The molecule has 1 fully saturated rings. The molecule has 0 aliphatic carbocycles. The number of fused-ring (bicyclic) bond motifs is 1. The summed E-state index contributed by atoms with van der Waals surface area (Å²) in [6, 6.07) is 1.85. The number of phosphoric acid groups is 1. The van der Waals surface area contributed by atoms with E-state index < -0.39 is 38.5 Å². The van der Waals surface area contributed by atoms with Crippen LogP contribution in [-0.2, 0) is 13.8 Å². The number of hydrogen-bond acceptors (Lipinski definition) is 7. The van der Waals surface area contributed by atoms with E-state index in [0.29, 0.717) is 5.49 Å². The number of aliphatic hydroxyl groups excluding tert-OH is 2. The zero-order chi connectivity index (χ0) is 18.5. The number of ether oxygens (including phenoxy) is 1. The lowest BCUT2D eigenvalue weighted by Gasteiger charge is -2.30. The Bertz CT molecular complexity index is 847. The average Bonchev–Trinajstić information content (AvgIpc) is 2.96. The van der Waals surface area contributed by atoms with E-state index in [1.807, 2.05) is 13.0 Å². The first-order chi connectivity index (χ1) is 11.6. The van der Waals surface area contributed by atoms with Crippen molar-refractivity contribution in [3.05, 3.63) is 34.9 Å². The third kappa shape index (κ3) is 3.56. The average molecular weight is 373 g/mol. The summed E-state index contributed by atoms with van der Waals surface area (Å²) in [5, 5.41) is 21.3. The van der Waals surface area contributed by atoms with Crippen LogP contribution in [0.2, 0.25) is 0 Å². The minimum Gasteiger partial charge on any atom is -0.387 e. The van der Waals surface area contributed by atoms with Gasteiger partial charge in [0.15, 0.2) is 6.23 Å². The number of H-pyrrole nitrogens is 1. The zero-order valence-electron chi connectivity index (χ0n) is 13.6. The van der Waals surface area contributed by atoms with Crippen LogP contribution in [0.15, 0.2) is 23.5 Å². The van der Waals surface area contributed by atoms with Crippen LogP contribution in [-0.4, -0.2) is 60.5 Å². The van der Waals surface area contributed by atoms with Crippen LogP contribution >= 0.6 is 7.82 Å². The number of nitrogens with zero attached hydrogens (tertiary/aromatic N) is 2. The smallest absolute Gasteiger partial charge is 0.387 e. The van der Waals surface area contributed by atoms with Crippen molar-refractivity contribution >= 4 is 14.0 Å². The lowest BCUT2D eigenvalue weighted by Crippen LogP contribution is -2.44. The van der Waals surface area contributed by atoms with Crippen molar-refractivity contribution in [1.82, 2.24) is 9.88 Å². The maximum absolute atomic E-state index is 11.0. The number of hydrogen-bond donors (Lipinski definition) is 5. The summed E-state index contributed by atoms with van der Waals surface area (Å²) in [4.78, 5) is 26.6. The predicted molar refractivity (Wildman–Crippen MR) is 85.0 cm³/mol. The van der Waals surface area contributed by atoms with Crippen LogP contribution in [0.1, 0.15) is 12.6 Å². The molecule has 0 radical (unpaired) electrons. The van der Waals surface area contributed by atoms with Gasteiger partial charge in [-0.2, -0.15) is 0 Å². The molecule has 25 heavy (non-hydrogen) atoms. The van der Waals surface area contributed by atoms with Gasteiger partial charge in [-0.15, -0.1) is 0 Å². The molecule has 1 saturated heterocycles. The van der Waals surface area contributed by atoms with Gasteiger partial charge in [0, 0.05) is 17.1 Å². The number of nitrogens with one attached hydrogen (secondary N) is 1. The standard InChI is InChI=1S/C14H20N3O7P/c1-6-4-9-5-17(8(3)16-13(9)15-6)14-11(19)10(18)12(23-14)7(2)24-25(20,21)22/h4-5,7,10-12,14,18-19H,3H2,1-2H3,(H,15,16)(H2,20,21,22)/t7?,10-,11+,12+,14+/m0/s1. The fourth-order valence-corrected chi connectivity index (χ4v) is 3.55. The Labute approximate surface area is 143 Å². The molecule has 2 aliphatic rings. The third-order valence-electron chi connectivity index (χ3n) is 4.09. The zero-order valence-corrected chi connectivity index (χ0v) is 14.5. The fourth-order valence-electron chi connectivity index (χ4n) is 3.00. The maximum Gasteiger partial charge on any atom is 0.469 e. The summed E-state index contributed by atoms with van der Waals surface area (Å²) in [7, 11) is -4.76. The first kappa shape index (κ1) is 18.3. The second-order valence-corrected chi connectivity index (χ2v) is 7.29. The fraction of sp³-hybridized carbons (Fsp3) is 0.500. The van der Waals surface area contributed by atoms with E-state index in [9.17, 15) is 14.8 Å². The SMILES string of the molecule is C=C1N=c2[nH]c(C)cc2=CN1[C@@H]1O[C@H](C(C)OP(=O)(O)O)[C@@H](O)[C@H]1O. The van der Waals surface area contributed by atoms with Crippen LogP contribution in [0.25, 0.3) is 6.20 Å². The first-order valence-corrected chi connectivity index (χ1v) is 9.09. The second-order valence-electron chi connectivity index (χ2n) is 6.09. The number of aliphatic hydroxyl groups is 2. The van der Waals surface area contributed by atoms with Crippen molar-refractivity contribution in [3.8, 4) is 0 Å². The molecule has 1 unspecified atom stereocenters. The van der Waals surface area contributed by atoms with Crippen LogP contribution in [0, 0.1) is 6.92 Å². The Kier molecular flexibility index (Phi) is 4.63. The van der Waals surface area contributed by atoms with Gasteiger partial charge in [0.05, 0.1) is 6.10 Å². The van der Waals surface area contributed by atoms with Gasteiger partial charge in [0.25, 0.3) is 0 Å². The highest BCUT2D eigenvalue weighted by molar-refractivity contribution is 7.46.